The number of fused-ring (bicyclic) bond motifs is 2. The van der Waals surface area contributed by atoms with Crippen LogP contribution >= 0.6 is 0 Å². The molecule has 2 aromatic heterocycles. The van der Waals surface area contributed by atoms with E-state index in [4.69, 9.17) is 9.47 Å². The third-order valence-corrected chi connectivity index (χ3v) is 6.76. The van der Waals surface area contributed by atoms with Crippen molar-refractivity contribution in [3.63, 3.8) is 0 Å². The third-order valence-electron chi connectivity index (χ3n) is 6.76. The minimum atomic E-state index is -1.31. The predicted octanol–water partition coefficient (Wildman–Crippen LogP) is 1.80. The van der Waals surface area contributed by atoms with Crippen LogP contribution in [-0.4, -0.2) is 57.3 Å². The van der Waals surface area contributed by atoms with Gasteiger partial charge < -0.3 is 19.7 Å². The molecular weight excluding hydrogens is 468 g/mol. The summed E-state index contributed by atoms with van der Waals surface area (Å²) in [6.45, 7) is -0.0625. The normalized spacial score (nSPS) is 26.2. The molecule has 2 bridgehead atoms. The molecule has 5 rings (SSSR count). The number of carboxylic acids is 2. The molecule has 0 spiro atoms. The molecule has 2 aromatic rings. The van der Waals surface area contributed by atoms with Crippen LogP contribution in [0, 0.1) is 35.5 Å². The van der Waals surface area contributed by atoms with Gasteiger partial charge in [-0.2, -0.15) is 0 Å². The molecule has 188 valence electrons. The first-order valence-corrected chi connectivity index (χ1v) is 11.7. The second kappa shape index (κ2) is 11.1. The van der Waals surface area contributed by atoms with Crippen molar-refractivity contribution >= 4 is 23.9 Å². The highest BCUT2D eigenvalue weighted by molar-refractivity contribution is 5.89. The van der Waals surface area contributed by atoms with Gasteiger partial charge in [0.25, 0.3) is 0 Å². The van der Waals surface area contributed by atoms with Crippen LogP contribution < -0.4 is 0 Å². The zero-order valence-electron chi connectivity index (χ0n) is 19.3. The molecule has 3 aliphatic carbocycles. The molecule has 1 saturated carbocycles. The van der Waals surface area contributed by atoms with E-state index in [0.717, 1.165) is 0 Å². The Morgan fingerprint density at radius 2 is 1.08 bits per heavy atom. The van der Waals surface area contributed by atoms with Gasteiger partial charge in [0.2, 0.25) is 0 Å². The summed E-state index contributed by atoms with van der Waals surface area (Å²) in [5.41, 5.74) is 1.39. The largest absolute Gasteiger partial charge is 0.481 e. The lowest BCUT2D eigenvalue weighted by Crippen LogP contribution is -2.58. The van der Waals surface area contributed by atoms with Crippen molar-refractivity contribution in [3.05, 3.63) is 72.3 Å². The first-order chi connectivity index (χ1) is 17.4. The number of carboxylic acid groups (broad SMARTS) is 2. The second-order valence-electron chi connectivity index (χ2n) is 8.80. The number of ether oxygens (including phenoxy) is 2. The molecule has 3 aliphatic rings. The van der Waals surface area contributed by atoms with Crippen molar-refractivity contribution in [3.8, 4) is 0 Å². The Balaban J connectivity index is 1.48. The fourth-order valence-corrected chi connectivity index (χ4v) is 5.18. The van der Waals surface area contributed by atoms with Crippen LogP contribution in [0.15, 0.2) is 60.9 Å². The van der Waals surface area contributed by atoms with E-state index in [2.05, 4.69) is 9.97 Å². The van der Waals surface area contributed by atoms with Crippen molar-refractivity contribution in [2.24, 2.45) is 35.5 Å². The number of allylic oxidation sites excluding steroid dienone is 2. The Kier molecular flexibility index (Phi) is 7.72. The van der Waals surface area contributed by atoms with E-state index in [0.29, 0.717) is 24.2 Å². The zero-order chi connectivity index (χ0) is 25.7. The summed E-state index contributed by atoms with van der Waals surface area (Å²) in [6, 6.07) is 10.6. The third kappa shape index (κ3) is 5.27. The first kappa shape index (κ1) is 25.0. The molecular formula is C26H26N2O8. The van der Waals surface area contributed by atoms with E-state index in [1.807, 2.05) is 0 Å². The van der Waals surface area contributed by atoms with Crippen molar-refractivity contribution in [1.82, 2.24) is 9.97 Å². The lowest BCUT2D eigenvalue weighted by Gasteiger charge is -2.48. The van der Waals surface area contributed by atoms with Crippen molar-refractivity contribution in [1.29, 1.82) is 0 Å². The van der Waals surface area contributed by atoms with Crippen LogP contribution in [0.5, 0.6) is 0 Å². The van der Waals surface area contributed by atoms with Crippen LogP contribution in [0.1, 0.15) is 11.4 Å². The maximum absolute atomic E-state index is 13.0. The molecule has 0 aliphatic heterocycles. The summed E-state index contributed by atoms with van der Waals surface area (Å²) in [5.74, 6) is -11.3. The number of carbonyl (C=O) groups excluding carboxylic acids is 2. The monoisotopic (exact) mass is 494 g/mol. The average Bonchev–Trinajstić information content (AvgIpc) is 2.88. The Hall–Kier alpha value is -4.08. The second-order valence-corrected chi connectivity index (χ2v) is 8.80. The molecule has 0 radical (unpaired) electrons. The molecule has 36 heavy (non-hydrogen) atoms. The summed E-state index contributed by atoms with van der Waals surface area (Å²) < 4.78 is 10.7. The number of pyridine rings is 2. The van der Waals surface area contributed by atoms with Gasteiger partial charge in [-0.25, -0.2) is 0 Å². The predicted molar refractivity (Wildman–Crippen MR) is 123 cm³/mol. The zero-order valence-corrected chi connectivity index (χ0v) is 19.3. The highest BCUT2D eigenvalue weighted by atomic mass is 16.5. The van der Waals surface area contributed by atoms with Crippen LogP contribution in [0.25, 0.3) is 0 Å². The number of carbonyl (C=O) groups is 4. The summed E-state index contributed by atoms with van der Waals surface area (Å²) >= 11 is 0. The van der Waals surface area contributed by atoms with Crippen molar-refractivity contribution < 1.29 is 38.9 Å². The van der Waals surface area contributed by atoms with E-state index in [-0.39, 0.29) is 13.2 Å². The van der Waals surface area contributed by atoms with Gasteiger partial charge in [0.1, 0.15) is 0 Å². The summed E-state index contributed by atoms with van der Waals surface area (Å²) in [4.78, 5) is 58.8. The van der Waals surface area contributed by atoms with Gasteiger partial charge in [-0.1, -0.05) is 24.3 Å². The van der Waals surface area contributed by atoms with Gasteiger partial charge in [0, 0.05) is 48.5 Å². The van der Waals surface area contributed by atoms with Crippen LogP contribution in [-0.2, 0) is 41.5 Å². The smallest absolute Gasteiger partial charge is 0.310 e. The lowest BCUT2D eigenvalue weighted by molar-refractivity contribution is -0.182. The first-order valence-electron chi connectivity index (χ1n) is 11.7. The standard InChI is InChI=1S/C26H26N2O8/c29-23(30)19-18-8-7-17(21(19)25(33)35-13-9-15-5-1-3-11-27-15)20(24(31)32)22(18)26(34)36-14-10-16-6-2-4-12-28-16/h1-8,11-12,17-22H,9-10,13-14H2,(H,29,30)(H,31,32)/t17-,18+,19+,20-,21-,22-/m0/s1. The maximum atomic E-state index is 13.0. The van der Waals surface area contributed by atoms with Gasteiger partial charge in [-0.15, -0.1) is 0 Å². The van der Waals surface area contributed by atoms with E-state index in [1.165, 1.54) is 12.2 Å². The topological polar surface area (TPSA) is 153 Å². The number of hydrogen-bond acceptors (Lipinski definition) is 8. The average molecular weight is 495 g/mol. The van der Waals surface area contributed by atoms with Gasteiger partial charge in [0.15, 0.2) is 0 Å². The number of aliphatic carboxylic acids is 2. The lowest BCUT2D eigenvalue weighted by atomic mass is 9.53. The van der Waals surface area contributed by atoms with E-state index >= 15 is 0 Å². The SMILES string of the molecule is O=C(O)[C@@H]1[C@H]2C=C[C@H]([C@@H]1C(=O)OCCc1ccccn1)[C@H](C(=O)O)[C@H]2C(=O)OCCc1ccccn1. The van der Waals surface area contributed by atoms with E-state index in [9.17, 15) is 29.4 Å². The number of rotatable bonds is 10. The number of hydrogen-bond donors (Lipinski definition) is 2. The highest BCUT2D eigenvalue weighted by Crippen LogP contribution is 2.52. The molecule has 0 unspecified atom stereocenters. The summed E-state index contributed by atoms with van der Waals surface area (Å²) in [5, 5.41) is 19.9. The molecule has 10 nitrogen and oxygen atoms in total. The molecule has 2 heterocycles. The molecule has 6 atom stereocenters. The molecule has 0 aromatic carbocycles. The highest BCUT2D eigenvalue weighted by Gasteiger charge is 2.61. The van der Waals surface area contributed by atoms with Crippen LogP contribution in [0.3, 0.4) is 0 Å². The minimum absolute atomic E-state index is 0.0312. The minimum Gasteiger partial charge on any atom is -0.481 e. The Labute approximate surface area is 207 Å². The Morgan fingerprint density at radius 1 is 0.667 bits per heavy atom. The maximum Gasteiger partial charge on any atom is 0.310 e. The molecule has 0 saturated heterocycles. The van der Waals surface area contributed by atoms with E-state index < -0.39 is 59.4 Å². The van der Waals surface area contributed by atoms with Gasteiger partial charge in [-0.05, 0) is 24.3 Å². The van der Waals surface area contributed by atoms with Crippen LogP contribution in [0.4, 0.5) is 0 Å². The number of esters is 2. The summed E-state index contributed by atoms with van der Waals surface area (Å²) in [6.07, 6.45) is 6.91. The number of aromatic nitrogens is 2. The molecule has 10 heteroatoms. The van der Waals surface area contributed by atoms with Crippen LogP contribution in [0.2, 0.25) is 0 Å². The Bertz CT molecular complexity index is 1050. The van der Waals surface area contributed by atoms with Gasteiger partial charge >= 0.3 is 23.9 Å². The molecule has 2 N–H and O–H groups in total. The fourth-order valence-electron chi connectivity index (χ4n) is 5.18. The molecule has 1 fully saturated rings. The van der Waals surface area contributed by atoms with E-state index in [1.54, 1.807) is 48.8 Å². The summed E-state index contributed by atoms with van der Waals surface area (Å²) in [7, 11) is 0. The Morgan fingerprint density at radius 3 is 1.42 bits per heavy atom. The van der Waals surface area contributed by atoms with Crippen molar-refractivity contribution in [2.45, 2.75) is 12.8 Å². The number of nitrogens with zero attached hydrogens (tertiary/aromatic N) is 2. The fraction of sp³-hybridized carbons (Fsp3) is 0.385. The van der Waals surface area contributed by atoms with Gasteiger partial charge in [-0.3, -0.25) is 29.1 Å². The molecule has 0 amide bonds. The van der Waals surface area contributed by atoms with Crippen molar-refractivity contribution in [2.75, 3.05) is 13.2 Å². The van der Waals surface area contributed by atoms with Gasteiger partial charge in [0.05, 0.1) is 36.9 Å². The quantitative estimate of drug-likeness (QED) is 0.369.